The van der Waals surface area contributed by atoms with E-state index in [1.165, 1.54) is 0 Å². The number of H-pyrrole nitrogens is 1. The normalized spacial score (nSPS) is 10.8. The highest BCUT2D eigenvalue weighted by molar-refractivity contribution is 5.56. The summed E-state index contributed by atoms with van der Waals surface area (Å²) in [6.45, 7) is 4.05. The van der Waals surface area contributed by atoms with Gasteiger partial charge in [-0.2, -0.15) is 10.2 Å². The van der Waals surface area contributed by atoms with Crippen molar-refractivity contribution in [1.82, 2.24) is 25.0 Å². The summed E-state index contributed by atoms with van der Waals surface area (Å²) in [4.78, 5) is 4.35. The van der Waals surface area contributed by atoms with E-state index in [0.29, 0.717) is 0 Å². The fourth-order valence-corrected chi connectivity index (χ4v) is 1.29. The van der Waals surface area contributed by atoms with Gasteiger partial charge in [0.25, 0.3) is 0 Å². The van der Waals surface area contributed by atoms with Crippen molar-refractivity contribution < 1.29 is 0 Å². The maximum Gasteiger partial charge on any atom is 0.184 e. The van der Waals surface area contributed by atoms with Crippen molar-refractivity contribution in [2.24, 2.45) is 7.05 Å². The van der Waals surface area contributed by atoms with Gasteiger partial charge in [0, 0.05) is 19.2 Å². The molecule has 0 bridgehead atoms. The number of hydrogen-bond donors (Lipinski definition) is 1. The van der Waals surface area contributed by atoms with Crippen LogP contribution in [0.1, 0.15) is 18.4 Å². The van der Waals surface area contributed by atoms with Crippen molar-refractivity contribution in [2.45, 2.75) is 20.3 Å². The summed E-state index contributed by atoms with van der Waals surface area (Å²) in [5, 5.41) is 11.2. The fourth-order valence-electron chi connectivity index (χ4n) is 1.29. The topological polar surface area (TPSA) is 59.4 Å². The molecule has 2 heterocycles. The molecular formula is C9H13N5. The monoisotopic (exact) mass is 191 g/mol. The predicted octanol–water partition coefficient (Wildman–Crippen LogP) is 1.08. The summed E-state index contributed by atoms with van der Waals surface area (Å²) in [7, 11) is 1.91. The summed E-state index contributed by atoms with van der Waals surface area (Å²) < 4.78 is 1.82. The van der Waals surface area contributed by atoms with E-state index in [4.69, 9.17) is 0 Å². The quantitative estimate of drug-likeness (QED) is 0.772. The number of aromatic amines is 1. The molecule has 14 heavy (non-hydrogen) atoms. The standard InChI is InChI=1S/C9H13N5/c1-4-8-11-9(13-12-8)7-5-10-14(3)6(7)2/h5H,4H2,1-3H3,(H,11,12,13). The summed E-state index contributed by atoms with van der Waals surface area (Å²) in [5.74, 6) is 1.63. The van der Waals surface area contributed by atoms with Crippen LogP contribution in [0, 0.1) is 6.92 Å². The first-order chi connectivity index (χ1) is 6.72. The minimum atomic E-state index is 0.729. The average molecular weight is 191 g/mol. The van der Waals surface area contributed by atoms with Crippen molar-refractivity contribution in [3.63, 3.8) is 0 Å². The molecule has 0 fully saturated rings. The van der Waals surface area contributed by atoms with Crippen molar-refractivity contribution >= 4 is 0 Å². The highest BCUT2D eigenvalue weighted by Gasteiger charge is 2.10. The van der Waals surface area contributed by atoms with Crippen LogP contribution in [-0.2, 0) is 13.5 Å². The van der Waals surface area contributed by atoms with Gasteiger partial charge in [0.15, 0.2) is 5.82 Å². The van der Waals surface area contributed by atoms with Gasteiger partial charge in [0.1, 0.15) is 5.82 Å². The van der Waals surface area contributed by atoms with Crippen LogP contribution in [0.5, 0.6) is 0 Å². The highest BCUT2D eigenvalue weighted by atomic mass is 15.3. The molecule has 0 saturated carbocycles. The van der Waals surface area contributed by atoms with Crippen LogP contribution in [0.3, 0.4) is 0 Å². The lowest BCUT2D eigenvalue weighted by Crippen LogP contribution is -1.93. The minimum Gasteiger partial charge on any atom is -0.272 e. The smallest absolute Gasteiger partial charge is 0.184 e. The predicted molar refractivity (Wildman–Crippen MR) is 52.7 cm³/mol. The average Bonchev–Trinajstić information content (AvgIpc) is 2.75. The van der Waals surface area contributed by atoms with Crippen molar-refractivity contribution in [3.8, 4) is 11.4 Å². The summed E-state index contributed by atoms with van der Waals surface area (Å²) in [5.41, 5.74) is 2.06. The fraction of sp³-hybridized carbons (Fsp3) is 0.444. The molecule has 2 aromatic rings. The third-order valence-corrected chi connectivity index (χ3v) is 2.34. The SMILES string of the molecule is CCc1nc(-c2cnn(C)c2C)n[nH]1. The number of rotatable bonds is 2. The van der Waals surface area contributed by atoms with E-state index in [9.17, 15) is 0 Å². The van der Waals surface area contributed by atoms with Gasteiger partial charge in [0.2, 0.25) is 0 Å². The van der Waals surface area contributed by atoms with Gasteiger partial charge < -0.3 is 0 Å². The van der Waals surface area contributed by atoms with E-state index in [-0.39, 0.29) is 0 Å². The lowest BCUT2D eigenvalue weighted by molar-refractivity contribution is 0.740. The molecule has 0 amide bonds. The van der Waals surface area contributed by atoms with E-state index in [0.717, 1.165) is 29.3 Å². The lowest BCUT2D eigenvalue weighted by atomic mass is 10.2. The van der Waals surface area contributed by atoms with Gasteiger partial charge in [-0.3, -0.25) is 9.78 Å². The van der Waals surface area contributed by atoms with Gasteiger partial charge in [-0.1, -0.05) is 6.92 Å². The van der Waals surface area contributed by atoms with Crippen LogP contribution < -0.4 is 0 Å². The third kappa shape index (κ3) is 1.30. The lowest BCUT2D eigenvalue weighted by Gasteiger charge is -1.94. The Bertz CT molecular complexity index is 440. The molecule has 5 nitrogen and oxygen atoms in total. The molecule has 0 spiro atoms. The zero-order chi connectivity index (χ0) is 10.1. The van der Waals surface area contributed by atoms with Crippen LogP contribution in [0.25, 0.3) is 11.4 Å². The van der Waals surface area contributed by atoms with Crippen LogP contribution in [0.15, 0.2) is 6.20 Å². The second-order valence-electron chi connectivity index (χ2n) is 3.23. The van der Waals surface area contributed by atoms with E-state index in [1.807, 2.05) is 25.6 Å². The zero-order valence-corrected chi connectivity index (χ0v) is 8.57. The van der Waals surface area contributed by atoms with E-state index < -0.39 is 0 Å². The van der Waals surface area contributed by atoms with Crippen LogP contribution in [0.4, 0.5) is 0 Å². The Morgan fingerprint density at radius 1 is 1.50 bits per heavy atom. The second-order valence-corrected chi connectivity index (χ2v) is 3.23. The molecule has 0 aliphatic rings. The van der Waals surface area contributed by atoms with Gasteiger partial charge in [-0.15, -0.1) is 0 Å². The molecule has 0 radical (unpaired) electrons. The number of aryl methyl sites for hydroxylation is 2. The van der Waals surface area contributed by atoms with E-state index in [2.05, 4.69) is 20.3 Å². The first-order valence-corrected chi connectivity index (χ1v) is 4.62. The number of nitrogens with zero attached hydrogens (tertiary/aromatic N) is 4. The second kappa shape index (κ2) is 3.25. The van der Waals surface area contributed by atoms with Crippen molar-refractivity contribution in [1.29, 1.82) is 0 Å². The number of nitrogens with one attached hydrogen (secondary N) is 1. The maximum atomic E-state index is 4.35. The van der Waals surface area contributed by atoms with Gasteiger partial charge in [-0.05, 0) is 6.92 Å². The van der Waals surface area contributed by atoms with Gasteiger partial charge in [0.05, 0.1) is 11.8 Å². The van der Waals surface area contributed by atoms with Crippen molar-refractivity contribution in [2.75, 3.05) is 0 Å². The van der Waals surface area contributed by atoms with Crippen LogP contribution >= 0.6 is 0 Å². The first-order valence-electron chi connectivity index (χ1n) is 4.62. The molecule has 2 rings (SSSR count). The molecular weight excluding hydrogens is 178 g/mol. The molecule has 74 valence electrons. The Morgan fingerprint density at radius 3 is 2.79 bits per heavy atom. The Hall–Kier alpha value is -1.65. The van der Waals surface area contributed by atoms with E-state index in [1.54, 1.807) is 6.20 Å². The molecule has 0 aliphatic heterocycles. The number of hydrogen-bond acceptors (Lipinski definition) is 3. The highest BCUT2D eigenvalue weighted by Crippen LogP contribution is 2.17. The zero-order valence-electron chi connectivity index (χ0n) is 8.57. The maximum absolute atomic E-state index is 4.35. The molecule has 1 N–H and O–H groups in total. The Kier molecular flexibility index (Phi) is 2.07. The molecule has 0 aromatic carbocycles. The molecule has 0 aliphatic carbocycles. The molecule has 0 saturated heterocycles. The Balaban J connectivity index is 2.44. The first kappa shape index (κ1) is 8.93. The molecule has 5 heteroatoms. The summed E-state index contributed by atoms with van der Waals surface area (Å²) >= 11 is 0. The molecule has 0 unspecified atom stereocenters. The Morgan fingerprint density at radius 2 is 2.29 bits per heavy atom. The van der Waals surface area contributed by atoms with Gasteiger partial charge >= 0.3 is 0 Å². The minimum absolute atomic E-state index is 0.729. The Labute approximate surface area is 82.2 Å². The van der Waals surface area contributed by atoms with Crippen LogP contribution in [-0.4, -0.2) is 25.0 Å². The molecule has 0 atom stereocenters. The molecule has 2 aromatic heterocycles. The summed E-state index contributed by atoms with van der Waals surface area (Å²) in [6, 6.07) is 0. The number of aromatic nitrogens is 5. The van der Waals surface area contributed by atoms with E-state index >= 15 is 0 Å². The van der Waals surface area contributed by atoms with Crippen LogP contribution in [0.2, 0.25) is 0 Å². The van der Waals surface area contributed by atoms with Gasteiger partial charge in [-0.25, -0.2) is 4.98 Å². The largest absolute Gasteiger partial charge is 0.272 e. The van der Waals surface area contributed by atoms with Crippen molar-refractivity contribution in [3.05, 3.63) is 17.7 Å². The summed E-state index contributed by atoms with van der Waals surface area (Å²) in [6.07, 6.45) is 2.66. The third-order valence-electron chi connectivity index (χ3n) is 2.34.